The number of urea groups is 1. The van der Waals surface area contributed by atoms with Crippen LogP contribution >= 0.6 is 0 Å². The maximum absolute atomic E-state index is 12.0. The first-order chi connectivity index (χ1) is 13.3. The van der Waals surface area contributed by atoms with Crippen LogP contribution in [0.5, 0.6) is 5.75 Å². The van der Waals surface area contributed by atoms with Gasteiger partial charge in [-0.1, -0.05) is 6.07 Å². The van der Waals surface area contributed by atoms with Crippen LogP contribution < -0.4 is 20.9 Å². The van der Waals surface area contributed by atoms with Crippen LogP contribution in [0.3, 0.4) is 0 Å². The first-order valence-corrected chi connectivity index (χ1v) is 9.22. The van der Waals surface area contributed by atoms with Gasteiger partial charge in [-0.25, -0.2) is 4.79 Å². The highest BCUT2D eigenvalue weighted by atomic mass is 16.5. The van der Waals surface area contributed by atoms with Crippen LogP contribution in [0.15, 0.2) is 18.2 Å². The standard InChI is InChI=1S/C19H24N4O5/c1-19(2)17(26)23(18(27)20-19)9-8-15(24)21-22-16(25)11-28-14-7-6-12-4-3-5-13(12)10-14/h6-7,10H,3-5,8-9,11H2,1-2H3,(H,20,27)(H,21,24)(H,22,25). The summed E-state index contributed by atoms with van der Waals surface area (Å²) in [6, 6.07) is 5.24. The average Bonchev–Trinajstić information content (AvgIpc) is 3.18. The van der Waals surface area contributed by atoms with Crippen LogP contribution in [0.4, 0.5) is 4.79 Å². The highest BCUT2D eigenvalue weighted by Gasteiger charge is 2.43. The first kappa shape index (κ1) is 19.7. The molecule has 1 heterocycles. The van der Waals surface area contributed by atoms with Gasteiger partial charge in [0, 0.05) is 13.0 Å². The zero-order chi connectivity index (χ0) is 20.3. The fourth-order valence-corrected chi connectivity index (χ4v) is 3.26. The minimum Gasteiger partial charge on any atom is -0.484 e. The van der Waals surface area contributed by atoms with Crippen molar-refractivity contribution in [2.45, 2.75) is 45.1 Å². The summed E-state index contributed by atoms with van der Waals surface area (Å²) in [5.41, 5.74) is 6.09. The summed E-state index contributed by atoms with van der Waals surface area (Å²) in [6.45, 7) is 2.88. The van der Waals surface area contributed by atoms with Crippen molar-refractivity contribution in [3.8, 4) is 5.75 Å². The monoisotopic (exact) mass is 388 g/mol. The molecule has 5 amide bonds. The van der Waals surface area contributed by atoms with Gasteiger partial charge in [-0.3, -0.25) is 30.1 Å². The molecule has 3 N–H and O–H groups in total. The molecule has 1 aromatic rings. The number of benzene rings is 1. The first-order valence-electron chi connectivity index (χ1n) is 9.22. The molecule has 2 aliphatic rings. The van der Waals surface area contributed by atoms with Gasteiger partial charge in [0.2, 0.25) is 5.91 Å². The van der Waals surface area contributed by atoms with E-state index in [1.54, 1.807) is 13.8 Å². The smallest absolute Gasteiger partial charge is 0.325 e. The Morgan fingerprint density at radius 1 is 1.14 bits per heavy atom. The van der Waals surface area contributed by atoms with Gasteiger partial charge < -0.3 is 10.1 Å². The molecule has 28 heavy (non-hydrogen) atoms. The molecule has 1 aromatic carbocycles. The van der Waals surface area contributed by atoms with Gasteiger partial charge in [0.1, 0.15) is 11.3 Å². The molecule has 1 aliphatic carbocycles. The quantitative estimate of drug-likeness (QED) is 0.482. The molecule has 9 nitrogen and oxygen atoms in total. The second kappa shape index (κ2) is 7.87. The highest BCUT2D eigenvalue weighted by Crippen LogP contribution is 2.25. The summed E-state index contributed by atoms with van der Waals surface area (Å²) in [5.74, 6) is -0.804. The summed E-state index contributed by atoms with van der Waals surface area (Å²) >= 11 is 0. The van der Waals surface area contributed by atoms with Crippen LogP contribution in [0.25, 0.3) is 0 Å². The zero-order valence-electron chi connectivity index (χ0n) is 16.0. The second-order valence-corrected chi connectivity index (χ2v) is 7.43. The SMILES string of the molecule is CC1(C)NC(=O)N(CCC(=O)NNC(=O)COc2ccc3c(c2)CCC3)C1=O. The number of fused-ring (bicyclic) bond motifs is 1. The zero-order valence-corrected chi connectivity index (χ0v) is 16.0. The molecule has 150 valence electrons. The molecule has 0 unspecified atom stereocenters. The van der Waals surface area contributed by atoms with E-state index in [0.29, 0.717) is 5.75 Å². The molecule has 0 atom stereocenters. The number of hydrogen-bond donors (Lipinski definition) is 3. The van der Waals surface area contributed by atoms with E-state index in [4.69, 9.17) is 4.74 Å². The van der Waals surface area contributed by atoms with Crippen molar-refractivity contribution in [2.24, 2.45) is 0 Å². The van der Waals surface area contributed by atoms with Gasteiger partial charge in [0.05, 0.1) is 0 Å². The van der Waals surface area contributed by atoms with Crippen LogP contribution in [0, 0.1) is 0 Å². The number of nitrogens with one attached hydrogen (secondary N) is 3. The van der Waals surface area contributed by atoms with Crippen LogP contribution in [0.1, 0.15) is 37.8 Å². The van der Waals surface area contributed by atoms with Gasteiger partial charge in [-0.2, -0.15) is 0 Å². The lowest BCUT2D eigenvalue weighted by Crippen LogP contribution is -2.45. The van der Waals surface area contributed by atoms with Crippen molar-refractivity contribution in [2.75, 3.05) is 13.2 Å². The third-order valence-corrected chi connectivity index (χ3v) is 4.79. The number of hydrogen-bond acceptors (Lipinski definition) is 5. The van der Waals surface area contributed by atoms with E-state index in [2.05, 4.69) is 16.2 Å². The van der Waals surface area contributed by atoms with Crippen LogP contribution in [0.2, 0.25) is 0 Å². The summed E-state index contributed by atoms with van der Waals surface area (Å²) in [7, 11) is 0. The Labute approximate surface area is 162 Å². The Morgan fingerprint density at radius 3 is 2.57 bits per heavy atom. The van der Waals surface area contributed by atoms with E-state index in [1.807, 2.05) is 18.2 Å². The molecule has 0 aromatic heterocycles. The Kier molecular flexibility index (Phi) is 5.53. The summed E-state index contributed by atoms with van der Waals surface area (Å²) in [4.78, 5) is 48.4. The second-order valence-electron chi connectivity index (χ2n) is 7.43. The Bertz CT molecular complexity index is 821. The lowest BCUT2D eigenvalue weighted by molar-refractivity contribution is -0.132. The predicted molar refractivity (Wildman–Crippen MR) is 99.2 cm³/mol. The third-order valence-electron chi connectivity index (χ3n) is 4.79. The molecule has 0 spiro atoms. The normalized spacial score (nSPS) is 17.1. The molecular weight excluding hydrogens is 364 g/mol. The topological polar surface area (TPSA) is 117 Å². The minimum absolute atomic E-state index is 0.0680. The van der Waals surface area contributed by atoms with Crippen LogP contribution in [-0.4, -0.2) is 47.3 Å². The fraction of sp³-hybridized carbons (Fsp3) is 0.474. The van der Waals surface area contributed by atoms with E-state index in [1.165, 1.54) is 11.1 Å². The maximum atomic E-state index is 12.0. The van der Waals surface area contributed by atoms with Gasteiger partial charge in [0.15, 0.2) is 6.61 Å². The van der Waals surface area contributed by atoms with E-state index in [-0.39, 0.29) is 19.6 Å². The van der Waals surface area contributed by atoms with E-state index < -0.39 is 29.3 Å². The van der Waals surface area contributed by atoms with Crippen molar-refractivity contribution in [3.05, 3.63) is 29.3 Å². The number of amides is 5. The van der Waals surface area contributed by atoms with E-state index >= 15 is 0 Å². The summed E-state index contributed by atoms with van der Waals surface area (Å²) in [5, 5.41) is 2.53. The van der Waals surface area contributed by atoms with Gasteiger partial charge >= 0.3 is 6.03 Å². The van der Waals surface area contributed by atoms with Gasteiger partial charge in [-0.15, -0.1) is 0 Å². The molecule has 1 aliphatic heterocycles. The maximum Gasteiger partial charge on any atom is 0.325 e. The number of rotatable bonds is 6. The molecule has 0 radical (unpaired) electrons. The van der Waals surface area contributed by atoms with Crippen molar-refractivity contribution in [3.63, 3.8) is 0 Å². The van der Waals surface area contributed by atoms with Crippen molar-refractivity contribution in [1.29, 1.82) is 0 Å². The van der Waals surface area contributed by atoms with E-state index in [9.17, 15) is 19.2 Å². The largest absolute Gasteiger partial charge is 0.484 e. The Morgan fingerprint density at radius 2 is 1.86 bits per heavy atom. The van der Waals surface area contributed by atoms with Crippen molar-refractivity contribution < 1.29 is 23.9 Å². The van der Waals surface area contributed by atoms with Crippen LogP contribution in [-0.2, 0) is 27.2 Å². The Hall–Kier alpha value is -3.10. The molecule has 3 rings (SSSR count). The number of hydrazine groups is 1. The third kappa shape index (κ3) is 4.41. The summed E-state index contributed by atoms with van der Waals surface area (Å²) < 4.78 is 5.45. The van der Waals surface area contributed by atoms with Gasteiger partial charge in [-0.05, 0) is 56.4 Å². The molecule has 9 heteroatoms. The number of carbonyl (C=O) groups excluding carboxylic acids is 4. The molecule has 0 bridgehead atoms. The van der Waals surface area contributed by atoms with Crippen molar-refractivity contribution >= 4 is 23.8 Å². The molecule has 1 saturated heterocycles. The number of imide groups is 1. The fourth-order valence-electron chi connectivity index (χ4n) is 3.26. The van der Waals surface area contributed by atoms with Crippen molar-refractivity contribution in [1.82, 2.24) is 21.1 Å². The summed E-state index contributed by atoms with van der Waals surface area (Å²) in [6.07, 6.45) is 3.10. The van der Waals surface area contributed by atoms with Gasteiger partial charge in [0.25, 0.3) is 11.8 Å². The predicted octanol–water partition coefficient (Wildman–Crippen LogP) is 0.422. The number of aryl methyl sites for hydroxylation is 2. The number of nitrogens with zero attached hydrogens (tertiary/aromatic N) is 1. The van der Waals surface area contributed by atoms with E-state index in [0.717, 1.165) is 24.2 Å². The molecule has 1 fully saturated rings. The minimum atomic E-state index is -0.976. The lowest BCUT2D eigenvalue weighted by Gasteiger charge is -2.15. The number of carbonyl (C=O) groups is 4. The molecular formula is C19H24N4O5. The Balaban J connectivity index is 1.37. The number of ether oxygens (including phenoxy) is 1. The highest BCUT2D eigenvalue weighted by molar-refractivity contribution is 6.06. The molecule has 0 saturated carbocycles. The average molecular weight is 388 g/mol. The lowest BCUT2D eigenvalue weighted by atomic mass is 10.1.